The molecule has 0 fully saturated rings. The normalized spacial score (nSPS) is 12.4. The molecule has 3 heteroatoms. The van der Waals surface area contributed by atoms with Crippen molar-refractivity contribution in [2.45, 2.75) is 19.4 Å². The predicted molar refractivity (Wildman–Crippen MR) is 121 cm³/mol. The molecule has 2 nitrogen and oxygen atoms in total. The molecule has 1 unspecified atom stereocenters. The van der Waals surface area contributed by atoms with Crippen LogP contribution >= 0.6 is 0 Å². The fourth-order valence-corrected chi connectivity index (χ4v) is 9.11. The van der Waals surface area contributed by atoms with E-state index in [1.807, 2.05) is 14.1 Å². The number of amides is 1. The smallest absolute Gasteiger partial charge is 0.224 e. The quantitative estimate of drug-likeness (QED) is 0.450. The van der Waals surface area contributed by atoms with Gasteiger partial charge in [0.05, 0.1) is 0 Å². The Labute approximate surface area is 169 Å². The van der Waals surface area contributed by atoms with Gasteiger partial charge in [-0.25, -0.2) is 0 Å². The van der Waals surface area contributed by atoms with Crippen LogP contribution in [0.5, 0.6) is 0 Å². The van der Waals surface area contributed by atoms with Crippen LogP contribution in [0.1, 0.15) is 13.3 Å². The van der Waals surface area contributed by atoms with Crippen LogP contribution in [0.15, 0.2) is 91.0 Å². The number of rotatable bonds is 7. The standard InChI is InChI=1S/C25H29NOSi/c1-21(25(27)26(2)3)19-20-28(22-13-7-4-8-14-22,23-15-9-5-10-16-23)24-17-11-6-12-18-24/h4-18,21H,19-20H2,1-3H3. The van der Waals surface area contributed by atoms with Crippen LogP contribution in [0, 0.1) is 5.92 Å². The van der Waals surface area contributed by atoms with E-state index >= 15 is 0 Å². The summed E-state index contributed by atoms with van der Waals surface area (Å²) in [6.07, 6.45) is 0.877. The van der Waals surface area contributed by atoms with E-state index in [9.17, 15) is 4.79 Å². The van der Waals surface area contributed by atoms with E-state index in [0.29, 0.717) is 0 Å². The third-order valence-corrected chi connectivity index (χ3v) is 10.6. The van der Waals surface area contributed by atoms with Crippen molar-refractivity contribution in [1.29, 1.82) is 0 Å². The lowest BCUT2D eigenvalue weighted by Gasteiger charge is -2.34. The van der Waals surface area contributed by atoms with E-state index < -0.39 is 8.07 Å². The van der Waals surface area contributed by atoms with Crippen LogP contribution in [0.3, 0.4) is 0 Å². The van der Waals surface area contributed by atoms with Crippen molar-refractivity contribution < 1.29 is 4.79 Å². The number of nitrogens with zero attached hydrogens (tertiary/aromatic N) is 1. The van der Waals surface area contributed by atoms with Crippen LogP contribution in [0.2, 0.25) is 6.04 Å². The minimum Gasteiger partial charge on any atom is -0.349 e. The molecular weight excluding hydrogens is 358 g/mol. The number of carbonyl (C=O) groups excluding carboxylic acids is 1. The molecule has 0 aliphatic heterocycles. The summed E-state index contributed by atoms with van der Waals surface area (Å²) < 4.78 is 0. The maximum Gasteiger partial charge on any atom is 0.224 e. The molecule has 0 saturated carbocycles. The third-order valence-electron chi connectivity index (χ3n) is 5.61. The molecule has 0 bridgehead atoms. The van der Waals surface area contributed by atoms with Crippen LogP contribution in [-0.2, 0) is 4.79 Å². The molecule has 0 spiro atoms. The molecule has 0 N–H and O–H groups in total. The van der Waals surface area contributed by atoms with Gasteiger partial charge in [-0.3, -0.25) is 4.79 Å². The van der Waals surface area contributed by atoms with Crippen LogP contribution in [-0.4, -0.2) is 33.0 Å². The van der Waals surface area contributed by atoms with Crippen LogP contribution in [0.25, 0.3) is 0 Å². The largest absolute Gasteiger partial charge is 0.349 e. The molecular formula is C25H29NOSi. The lowest BCUT2D eigenvalue weighted by atomic mass is 10.1. The van der Waals surface area contributed by atoms with Gasteiger partial charge in [-0.15, -0.1) is 0 Å². The zero-order valence-electron chi connectivity index (χ0n) is 17.0. The summed E-state index contributed by atoms with van der Waals surface area (Å²) in [5, 5.41) is 4.20. The van der Waals surface area contributed by atoms with Crippen molar-refractivity contribution >= 4 is 29.5 Å². The monoisotopic (exact) mass is 387 g/mol. The fourth-order valence-electron chi connectivity index (χ4n) is 4.10. The summed E-state index contributed by atoms with van der Waals surface area (Å²) in [5.41, 5.74) is 0. The summed E-state index contributed by atoms with van der Waals surface area (Å²) in [6.45, 7) is 2.06. The molecule has 1 atom stereocenters. The maximum absolute atomic E-state index is 12.5. The van der Waals surface area contributed by atoms with E-state index in [1.165, 1.54) is 15.6 Å². The van der Waals surface area contributed by atoms with Crippen LogP contribution in [0.4, 0.5) is 0 Å². The molecule has 0 aromatic heterocycles. The zero-order chi connectivity index (χ0) is 20.0. The van der Waals surface area contributed by atoms with Gasteiger partial charge in [0, 0.05) is 20.0 Å². The van der Waals surface area contributed by atoms with Crippen LogP contribution < -0.4 is 15.6 Å². The van der Waals surface area contributed by atoms with Crippen molar-refractivity contribution in [1.82, 2.24) is 4.90 Å². The zero-order valence-corrected chi connectivity index (χ0v) is 18.0. The lowest BCUT2D eigenvalue weighted by molar-refractivity contribution is -0.132. The van der Waals surface area contributed by atoms with E-state index in [1.54, 1.807) is 4.90 Å². The second-order valence-electron chi connectivity index (χ2n) is 7.68. The lowest BCUT2D eigenvalue weighted by Crippen LogP contribution is -2.67. The second-order valence-corrected chi connectivity index (χ2v) is 11.7. The van der Waals surface area contributed by atoms with Crippen molar-refractivity contribution in [3.05, 3.63) is 91.0 Å². The molecule has 3 rings (SSSR count). The van der Waals surface area contributed by atoms with Crippen molar-refractivity contribution in [2.75, 3.05) is 14.1 Å². The van der Waals surface area contributed by atoms with E-state index in [-0.39, 0.29) is 11.8 Å². The summed E-state index contributed by atoms with van der Waals surface area (Å²) >= 11 is 0. The van der Waals surface area contributed by atoms with Gasteiger partial charge in [0.2, 0.25) is 5.91 Å². The maximum atomic E-state index is 12.5. The summed E-state index contributed by atoms with van der Waals surface area (Å²) in [4.78, 5) is 14.2. The number of benzene rings is 3. The van der Waals surface area contributed by atoms with Gasteiger partial charge in [0.1, 0.15) is 8.07 Å². The Morgan fingerprint density at radius 2 is 1.11 bits per heavy atom. The molecule has 0 aliphatic carbocycles. The van der Waals surface area contributed by atoms with Crippen molar-refractivity contribution in [2.24, 2.45) is 5.92 Å². The van der Waals surface area contributed by atoms with Gasteiger partial charge in [-0.2, -0.15) is 0 Å². The average molecular weight is 388 g/mol. The number of carbonyl (C=O) groups is 1. The van der Waals surface area contributed by atoms with E-state index in [4.69, 9.17) is 0 Å². The highest BCUT2D eigenvalue weighted by molar-refractivity contribution is 7.11. The second kappa shape index (κ2) is 9.02. The Bertz CT molecular complexity index is 782. The Kier molecular flexibility index (Phi) is 6.48. The Balaban J connectivity index is 2.13. The first-order chi connectivity index (χ1) is 13.6. The Morgan fingerprint density at radius 3 is 1.43 bits per heavy atom. The molecule has 3 aromatic carbocycles. The van der Waals surface area contributed by atoms with Gasteiger partial charge in [0.15, 0.2) is 0 Å². The molecule has 0 aliphatic rings. The molecule has 144 valence electrons. The molecule has 28 heavy (non-hydrogen) atoms. The van der Waals surface area contributed by atoms with Gasteiger partial charge in [0.25, 0.3) is 0 Å². The highest BCUT2D eigenvalue weighted by atomic mass is 28.3. The Morgan fingerprint density at radius 1 is 0.750 bits per heavy atom. The average Bonchev–Trinajstić information content (AvgIpc) is 2.75. The number of hydrogen-bond acceptors (Lipinski definition) is 1. The highest BCUT2D eigenvalue weighted by Gasteiger charge is 2.39. The molecule has 0 radical (unpaired) electrons. The molecule has 0 heterocycles. The first kappa shape index (κ1) is 20.1. The first-order valence-electron chi connectivity index (χ1n) is 9.93. The summed E-state index contributed by atoms with van der Waals surface area (Å²) in [6, 6.07) is 33.7. The van der Waals surface area contributed by atoms with Gasteiger partial charge >= 0.3 is 0 Å². The SMILES string of the molecule is CC(CC[Si](c1ccccc1)(c1ccccc1)c1ccccc1)C(=O)N(C)C. The summed E-state index contributed by atoms with van der Waals surface area (Å²) in [7, 11) is 1.45. The van der Waals surface area contributed by atoms with E-state index in [2.05, 4.69) is 97.9 Å². The predicted octanol–water partition coefficient (Wildman–Crippen LogP) is 3.27. The molecule has 0 saturated heterocycles. The first-order valence-corrected chi connectivity index (χ1v) is 12.1. The topological polar surface area (TPSA) is 20.3 Å². The van der Waals surface area contributed by atoms with Crippen molar-refractivity contribution in [3.63, 3.8) is 0 Å². The third kappa shape index (κ3) is 4.10. The van der Waals surface area contributed by atoms with Gasteiger partial charge in [-0.1, -0.05) is 97.9 Å². The highest BCUT2D eigenvalue weighted by Crippen LogP contribution is 2.19. The number of hydrogen-bond donors (Lipinski definition) is 0. The minimum atomic E-state index is -2.24. The molecule has 1 amide bonds. The van der Waals surface area contributed by atoms with E-state index in [0.717, 1.165) is 12.5 Å². The van der Waals surface area contributed by atoms with Gasteiger partial charge in [-0.05, 0) is 28.0 Å². The Hall–Kier alpha value is -2.65. The minimum absolute atomic E-state index is 0.0120. The fraction of sp³-hybridized carbons (Fsp3) is 0.240. The van der Waals surface area contributed by atoms with Crippen molar-refractivity contribution in [3.8, 4) is 0 Å². The molecule has 3 aromatic rings. The van der Waals surface area contributed by atoms with Gasteiger partial charge < -0.3 is 4.90 Å². The summed E-state index contributed by atoms with van der Waals surface area (Å²) in [5.74, 6) is 0.218.